The van der Waals surface area contributed by atoms with E-state index in [-0.39, 0.29) is 5.91 Å². The average Bonchev–Trinajstić information content (AvgIpc) is 3.40. The zero-order valence-electron chi connectivity index (χ0n) is 21.6. The van der Waals surface area contributed by atoms with E-state index in [0.29, 0.717) is 40.4 Å². The van der Waals surface area contributed by atoms with E-state index in [1.165, 1.54) is 17.1 Å². The van der Waals surface area contributed by atoms with Gasteiger partial charge in [-0.25, -0.2) is 0 Å². The zero-order chi connectivity index (χ0) is 26.3. The number of nitrogens with zero attached hydrogens (tertiary/aromatic N) is 3. The molecule has 1 amide bonds. The Bertz CT molecular complexity index is 1370. The van der Waals surface area contributed by atoms with Crippen LogP contribution < -0.4 is 14.2 Å². The fourth-order valence-corrected chi connectivity index (χ4v) is 5.33. The molecule has 0 N–H and O–H groups in total. The van der Waals surface area contributed by atoms with Gasteiger partial charge in [-0.3, -0.25) is 4.79 Å². The lowest BCUT2D eigenvalue weighted by Crippen LogP contribution is -2.38. The molecule has 3 aromatic carbocycles. The SMILES string of the molecule is COc1cccc(Cc2nsc(Oc3ccc(C(=O)N4CCC(Cc5ccccc5)CC4)cc3OC)n2)c1. The van der Waals surface area contributed by atoms with Crippen LogP contribution in [0.3, 0.4) is 0 Å². The summed E-state index contributed by atoms with van der Waals surface area (Å²) >= 11 is 1.18. The molecule has 7 nitrogen and oxygen atoms in total. The number of methoxy groups -OCH3 is 2. The summed E-state index contributed by atoms with van der Waals surface area (Å²) in [6.07, 6.45) is 3.65. The van der Waals surface area contributed by atoms with Gasteiger partial charge in [0.2, 0.25) is 0 Å². The van der Waals surface area contributed by atoms with Crippen molar-refractivity contribution in [3.63, 3.8) is 0 Å². The molecule has 0 bridgehead atoms. The number of benzene rings is 3. The van der Waals surface area contributed by atoms with Crippen LogP contribution in [0.2, 0.25) is 0 Å². The number of aromatic nitrogens is 2. The second-order valence-electron chi connectivity index (χ2n) is 9.40. The van der Waals surface area contributed by atoms with E-state index in [2.05, 4.69) is 33.6 Å². The molecule has 0 atom stereocenters. The monoisotopic (exact) mass is 529 g/mol. The number of ether oxygens (including phenoxy) is 3. The third kappa shape index (κ3) is 6.31. The predicted molar refractivity (Wildman–Crippen MR) is 148 cm³/mol. The van der Waals surface area contributed by atoms with Crippen molar-refractivity contribution in [2.45, 2.75) is 25.7 Å². The van der Waals surface area contributed by atoms with Crippen molar-refractivity contribution in [2.75, 3.05) is 27.3 Å². The lowest BCUT2D eigenvalue weighted by molar-refractivity contribution is 0.0690. The fraction of sp³-hybridized carbons (Fsp3) is 0.300. The molecule has 1 aliphatic heterocycles. The maximum absolute atomic E-state index is 13.2. The van der Waals surface area contributed by atoms with Crippen molar-refractivity contribution in [1.82, 2.24) is 14.3 Å². The van der Waals surface area contributed by atoms with Gasteiger partial charge in [0.25, 0.3) is 11.1 Å². The number of carbonyl (C=O) groups is 1. The maximum Gasteiger partial charge on any atom is 0.298 e. The van der Waals surface area contributed by atoms with Gasteiger partial charge in [-0.1, -0.05) is 42.5 Å². The molecule has 0 radical (unpaired) electrons. The van der Waals surface area contributed by atoms with Gasteiger partial charge in [-0.05, 0) is 66.6 Å². The molecule has 0 unspecified atom stereocenters. The third-order valence-corrected chi connectivity index (χ3v) is 7.46. The molecule has 1 aromatic heterocycles. The first-order chi connectivity index (χ1) is 18.6. The summed E-state index contributed by atoms with van der Waals surface area (Å²) in [5.41, 5.74) is 3.00. The highest BCUT2D eigenvalue weighted by atomic mass is 32.1. The van der Waals surface area contributed by atoms with E-state index in [1.807, 2.05) is 35.2 Å². The molecule has 0 saturated carbocycles. The molecule has 1 aliphatic rings. The first kappa shape index (κ1) is 25.7. The quantitative estimate of drug-likeness (QED) is 0.263. The summed E-state index contributed by atoms with van der Waals surface area (Å²) in [6.45, 7) is 1.52. The number of rotatable bonds is 9. The Hall–Kier alpha value is -3.91. The average molecular weight is 530 g/mol. The van der Waals surface area contributed by atoms with Crippen molar-refractivity contribution in [2.24, 2.45) is 5.92 Å². The minimum atomic E-state index is 0.0181. The van der Waals surface area contributed by atoms with E-state index < -0.39 is 0 Å². The minimum absolute atomic E-state index is 0.0181. The second kappa shape index (κ2) is 12.1. The number of hydrogen-bond donors (Lipinski definition) is 0. The van der Waals surface area contributed by atoms with E-state index in [1.54, 1.807) is 32.4 Å². The highest BCUT2D eigenvalue weighted by Gasteiger charge is 2.25. The Balaban J connectivity index is 1.19. The van der Waals surface area contributed by atoms with Crippen molar-refractivity contribution < 1.29 is 19.0 Å². The first-order valence-corrected chi connectivity index (χ1v) is 13.5. The van der Waals surface area contributed by atoms with Crippen LogP contribution in [0, 0.1) is 5.92 Å². The Morgan fingerprint density at radius 3 is 2.47 bits per heavy atom. The smallest absolute Gasteiger partial charge is 0.298 e. The summed E-state index contributed by atoms with van der Waals surface area (Å²) in [5, 5.41) is 0.417. The molecule has 196 valence electrons. The minimum Gasteiger partial charge on any atom is -0.497 e. The molecule has 1 fully saturated rings. The standard InChI is InChI=1S/C30H31N3O4S/c1-35-25-10-6-9-23(18-25)19-28-31-30(38-32-28)37-26-12-11-24(20-27(26)36-2)29(34)33-15-13-22(14-16-33)17-21-7-4-3-5-8-21/h3-12,18,20,22H,13-17,19H2,1-2H3. The third-order valence-electron chi connectivity index (χ3n) is 6.82. The lowest BCUT2D eigenvalue weighted by atomic mass is 9.90. The predicted octanol–water partition coefficient (Wildman–Crippen LogP) is 6.03. The van der Waals surface area contributed by atoms with Gasteiger partial charge in [0.1, 0.15) is 5.75 Å². The number of carbonyl (C=O) groups excluding carboxylic acids is 1. The van der Waals surface area contributed by atoms with E-state index in [4.69, 9.17) is 14.2 Å². The molecule has 2 heterocycles. The van der Waals surface area contributed by atoms with E-state index >= 15 is 0 Å². The van der Waals surface area contributed by atoms with Crippen LogP contribution in [-0.2, 0) is 12.8 Å². The first-order valence-electron chi connectivity index (χ1n) is 12.8. The number of hydrogen-bond acceptors (Lipinski definition) is 7. The number of piperidine rings is 1. The molecule has 0 aliphatic carbocycles. The van der Waals surface area contributed by atoms with Crippen molar-refractivity contribution >= 4 is 17.4 Å². The summed E-state index contributed by atoms with van der Waals surface area (Å²) in [7, 11) is 3.22. The molecule has 38 heavy (non-hydrogen) atoms. The van der Waals surface area contributed by atoms with Crippen LogP contribution in [0.4, 0.5) is 0 Å². The van der Waals surface area contributed by atoms with Gasteiger partial charge in [0.05, 0.1) is 14.2 Å². The van der Waals surface area contributed by atoms with Crippen LogP contribution in [0.25, 0.3) is 0 Å². The van der Waals surface area contributed by atoms with Crippen LogP contribution in [0.1, 0.15) is 40.2 Å². The molecule has 0 spiro atoms. The van der Waals surface area contributed by atoms with Gasteiger partial charge >= 0.3 is 0 Å². The molecular weight excluding hydrogens is 498 g/mol. The van der Waals surface area contributed by atoms with Gasteiger partial charge in [0.15, 0.2) is 17.3 Å². The summed E-state index contributed by atoms with van der Waals surface area (Å²) in [4.78, 5) is 19.7. The Morgan fingerprint density at radius 2 is 1.71 bits per heavy atom. The van der Waals surface area contributed by atoms with Gasteiger partial charge in [-0.15, -0.1) is 0 Å². The van der Waals surface area contributed by atoms with Crippen LogP contribution in [0.15, 0.2) is 72.8 Å². The highest BCUT2D eigenvalue weighted by Crippen LogP contribution is 2.34. The normalized spacial score (nSPS) is 13.8. The van der Waals surface area contributed by atoms with Gasteiger partial charge in [-0.2, -0.15) is 9.36 Å². The summed E-state index contributed by atoms with van der Waals surface area (Å²) < 4.78 is 21.2. The summed E-state index contributed by atoms with van der Waals surface area (Å²) in [6, 6.07) is 23.7. The second-order valence-corrected chi connectivity index (χ2v) is 10.1. The van der Waals surface area contributed by atoms with Crippen molar-refractivity contribution in [3.05, 3.63) is 95.3 Å². The number of likely N-dealkylation sites (tertiary alicyclic amines) is 1. The van der Waals surface area contributed by atoms with E-state index in [9.17, 15) is 4.79 Å². The van der Waals surface area contributed by atoms with Crippen molar-refractivity contribution in [1.29, 1.82) is 0 Å². The summed E-state index contributed by atoms with van der Waals surface area (Å²) in [5.74, 6) is 3.07. The Kier molecular flexibility index (Phi) is 8.19. The maximum atomic E-state index is 13.2. The van der Waals surface area contributed by atoms with Crippen molar-refractivity contribution in [3.8, 4) is 22.4 Å². The van der Waals surface area contributed by atoms with Gasteiger partial charge in [0, 0.05) is 36.6 Å². The number of amides is 1. The molecule has 5 rings (SSSR count). The topological polar surface area (TPSA) is 73.8 Å². The fourth-order valence-electron chi connectivity index (χ4n) is 4.77. The Labute approximate surface area is 227 Å². The highest BCUT2D eigenvalue weighted by molar-refractivity contribution is 7.07. The van der Waals surface area contributed by atoms with Crippen LogP contribution in [0.5, 0.6) is 22.4 Å². The Morgan fingerprint density at radius 1 is 0.921 bits per heavy atom. The lowest BCUT2D eigenvalue weighted by Gasteiger charge is -2.32. The molecular formula is C30H31N3O4S. The zero-order valence-corrected chi connectivity index (χ0v) is 22.4. The molecule has 4 aromatic rings. The molecule has 8 heteroatoms. The van der Waals surface area contributed by atoms with Gasteiger partial charge < -0.3 is 19.1 Å². The largest absolute Gasteiger partial charge is 0.497 e. The van der Waals surface area contributed by atoms with Crippen LogP contribution >= 0.6 is 11.5 Å². The van der Waals surface area contributed by atoms with Crippen LogP contribution in [-0.4, -0.2) is 47.5 Å². The molecule has 1 saturated heterocycles. The van der Waals surface area contributed by atoms with E-state index in [0.717, 1.165) is 43.7 Å².